The van der Waals surface area contributed by atoms with Crippen molar-refractivity contribution in [1.29, 1.82) is 0 Å². The minimum Gasteiger partial charge on any atom is -0.465 e. The SMILES string of the molecule is COC(=O)c1c(NC(=O)COC(=O)CNC(=O)c2ccc(Cl)cc2)sc2c1CCC2. The van der Waals surface area contributed by atoms with Gasteiger partial charge >= 0.3 is 11.9 Å². The summed E-state index contributed by atoms with van der Waals surface area (Å²) in [6, 6.07) is 6.16. The van der Waals surface area contributed by atoms with Gasteiger partial charge in [0.15, 0.2) is 6.61 Å². The first-order valence-electron chi connectivity index (χ1n) is 9.11. The summed E-state index contributed by atoms with van der Waals surface area (Å²) < 4.78 is 9.71. The Kier molecular flexibility index (Phi) is 7.07. The van der Waals surface area contributed by atoms with Gasteiger partial charge in [0, 0.05) is 15.5 Å². The molecule has 0 bridgehead atoms. The quantitative estimate of drug-likeness (QED) is 0.627. The van der Waals surface area contributed by atoms with Crippen LogP contribution >= 0.6 is 22.9 Å². The van der Waals surface area contributed by atoms with Crippen LogP contribution in [0.4, 0.5) is 5.00 Å². The molecule has 0 fully saturated rings. The van der Waals surface area contributed by atoms with Gasteiger partial charge in [-0.05, 0) is 49.1 Å². The first kappa shape index (κ1) is 21.8. The number of esters is 2. The zero-order valence-corrected chi connectivity index (χ0v) is 17.7. The molecule has 1 aromatic carbocycles. The summed E-state index contributed by atoms with van der Waals surface area (Å²) in [6.07, 6.45) is 2.56. The lowest BCUT2D eigenvalue weighted by molar-refractivity contribution is -0.146. The number of fused-ring (bicyclic) bond motifs is 1. The van der Waals surface area contributed by atoms with Crippen LogP contribution in [0, 0.1) is 0 Å². The molecule has 10 heteroatoms. The van der Waals surface area contributed by atoms with Gasteiger partial charge in [-0.1, -0.05) is 11.6 Å². The van der Waals surface area contributed by atoms with Crippen molar-refractivity contribution < 1.29 is 28.7 Å². The van der Waals surface area contributed by atoms with E-state index in [0.717, 1.165) is 29.7 Å². The second kappa shape index (κ2) is 9.73. The number of ether oxygens (including phenoxy) is 2. The average Bonchev–Trinajstić information content (AvgIpc) is 3.31. The van der Waals surface area contributed by atoms with Crippen molar-refractivity contribution in [3.8, 4) is 0 Å². The van der Waals surface area contributed by atoms with E-state index in [2.05, 4.69) is 10.6 Å². The summed E-state index contributed by atoms with van der Waals surface area (Å²) in [7, 11) is 1.28. The fourth-order valence-electron chi connectivity index (χ4n) is 3.03. The number of anilines is 1. The second-order valence-electron chi connectivity index (χ2n) is 6.45. The Bertz CT molecular complexity index is 986. The highest BCUT2D eigenvalue weighted by molar-refractivity contribution is 7.17. The molecule has 1 aliphatic carbocycles. The third kappa shape index (κ3) is 5.17. The van der Waals surface area contributed by atoms with Crippen molar-refractivity contribution >= 4 is 51.7 Å². The van der Waals surface area contributed by atoms with E-state index >= 15 is 0 Å². The zero-order valence-electron chi connectivity index (χ0n) is 16.1. The summed E-state index contributed by atoms with van der Waals surface area (Å²) in [5.74, 6) is -2.33. The van der Waals surface area contributed by atoms with E-state index < -0.39 is 36.9 Å². The van der Waals surface area contributed by atoms with Crippen LogP contribution in [0.5, 0.6) is 0 Å². The Morgan fingerprint density at radius 3 is 2.57 bits per heavy atom. The van der Waals surface area contributed by atoms with Crippen LogP contribution in [-0.4, -0.2) is 44.0 Å². The van der Waals surface area contributed by atoms with Crippen LogP contribution in [0.2, 0.25) is 5.02 Å². The molecule has 1 aliphatic rings. The Labute approximate surface area is 181 Å². The minimum atomic E-state index is -0.769. The molecule has 0 unspecified atom stereocenters. The molecule has 0 spiro atoms. The molecule has 3 rings (SSSR count). The standard InChI is InChI=1S/C20H19ClN2O6S/c1-28-20(27)17-13-3-2-4-14(13)30-19(17)23-15(24)10-29-16(25)9-22-18(26)11-5-7-12(21)8-6-11/h5-8H,2-4,9-10H2,1H3,(H,22,26)(H,23,24). The number of rotatable bonds is 7. The summed E-state index contributed by atoms with van der Waals surface area (Å²) >= 11 is 7.09. The van der Waals surface area contributed by atoms with Crippen LogP contribution in [0.25, 0.3) is 0 Å². The van der Waals surface area contributed by atoms with Gasteiger partial charge in [0.25, 0.3) is 11.8 Å². The third-order valence-electron chi connectivity index (χ3n) is 4.43. The van der Waals surface area contributed by atoms with Gasteiger partial charge in [-0.3, -0.25) is 14.4 Å². The Balaban J connectivity index is 1.49. The number of amides is 2. The molecule has 1 heterocycles. The van der Waals surface area contributed by atoms with E-state index in [-0.39, 0.29) is 0 Å². The largest absolute Gasteiger partial charge is 0.465 e. The molecule has 2 N–H and O–H groups in total. The minimum absolute atomic E-state index is 0.339. The lowest BCUT2D eigenvalue weighted by atomic mass is 10.1. The van der Waals surface area contributed by atoms with E-state index in [1.54, 1.807) is 12.1 Å². The lowest BCUT2D eigenvalue weighted by Crippen LogP contribution is -2.32. The Hall–Kier alpha value is -2.91. The van der Waals surface area contributed by atoms with Crippen molar-refractivity contribution in [2.45, 2.75) is 19.3 Å². The normalized spacial score (nSPS) is 12.1. The van der Waals surface area contributed by atoms with Crippen LogP contribution in [0.3, 0.4) is 0 Å². The summed E-state index contributed by atoms with van der Waals surface area (Å²) in [4.78, 5) is 49.1. The number of thiophene rings is 1. The highest BCUT2D eigenvalue weighted by Crippen LogP contribution is 2.39. The van der Waals surface area contributed by atoms with Crippen LogP contribution in [0.1, 0.15) is 37.6 Å². The van der Waals surface area contributed by atoms with Gasteiger partial charge in [0.2, 0.25) is 0 Å². The average molecular weight is 451 g/mol. The Morgan fingerprint density at radius 2 is 1.87 bits per heavy atom. The van der Waals surface area contributed by atoms with Gasteiger partial charge < -0.3 is 20.1 Å². The molecule has 0 saturated carbocycles. The number of halogens is 1. The fraction of sp³-hybridized carbons (Fsp3) is 0.300. The highest BCUT2D eigenvalue weighted by atomic mass is 35.5. The molecule has 0 saturated heterocycles. The van der Waals surface area contributed by atoms with E-state index in [1.807, 2.05) is 0 Å². The summed E-state index contributed by atoms with van der Waals surface area (Å²) in [5, 5.41) is 5.89. The maximum Gasteiger partial charge on any atom is 0.341 e. The molecular formula is C20H19ClN2O6S. The van der Waals surface area contributed by atoms with E-state index in [1.165, 1.54) is 30.6 Å². The number of carbonyl (C=O) groups excluding carboxylic acids is 4. The first-order chi connectivity index (χ1) is 14.4. The predicted molar refractivity (Wildman–Crippen MR) is 111 cm³/mol. The van der Waals surface area contributed by atoms with Crippen LogP contribution in [0.15, 0.2) is 24.3 Å². The molecule has 0 aliphatic heterocycles. The molecule has 30 heavy (non-hydrogen) atoms. The zero-order chi connectivity index (χ0) is 21.7. The van der Waals surface area contributed by atoms with Crippen molar-refractivity contribution in [2.75, 3.05) is 25.6 Å². The maximum absolute atomic E-state index is 12.2. The molecule has 0 radical (unpaired) electrons. The van der Waals surface area contributed by atoms with Crippen LogP contribution in [-0.2, 0) is 31.9 Å². The van der Waals surface area contributed by atoms with Crippen LogP contribution < -0.4 is 10.6 Å². The smallest absolute Gasteiger partial charge is 0.341 e. The number of carbonyl (C=O) groups is 4. The van der Waals surface area contributed by atoms with Gasteiger partial charge in [-0.2, -0.15) is 0 Å². The topological polar surface area (TPSA) is 111 Å². The van der Waals surface area contributed by atoms with Gasteiger partial charge in [0.1, 0.15) is 11.5 Å². The second-order valence-corrected chi connectivity index (χ2v) is 7.99. The first-order valence-corrected chi connectivity index (χ1v) is 10.3. The van der Waals surface area contributed by atoms with Crippen molar-refractivity contribution in [2.24, 2.45) is 0 Å². The monoisotopic (exact) mass is 450 g/mol. The van der Waals surface area contributed by atoms with E-state index in [0.29, 0.717) is 21.2 Å². The molecular weight excluding hydrogens is 432 g/mol. The molecule has 158 valence electrons. The van der Waals surface area contributed by atoms with Gasteiger partial charge in [0.05, 0.1) is 12.7 Å². The number of hydrogen-bond donors (Lipinski definition) is 2. The van der Waals surface area contributed by atoms with E-state index in [4.69, 9.17) is 21.1 Å². The number of benzene rings is 1. The number of nitrogens with one attached hydrogen (secondary N) is 2. The predicted octanol–water partition coefficient (Wildman–Crippen LogP) is 2.59. The van der Waals surface area contributed by atoms with Gasteiger partial charge in [-0.15, -0.1) is 11.3 Å². The summed E-state index contributed by atoms with van der Waals surface area (Å²) in [5.41, 5.74) is 1.61. The van der Waals surface area contributed by atoms with Gasteiger partial charge in [-0.25, -0.2) is 4.79 Å². The maximum atomic E-state index is 12.2. The molecule has 2 aromatic rings. The van der Waals surface area contributed by atoms with Crippen molar-refractivity contribution in [1.82, 2.24) is 5.32 Å². The molecule has 8 nitrogen and oxygen atoms in total. The van der Waals surface area contributed by atoms with Crippen molar-refractivity contribution in [3.63, 3.8) is 0 Å². The molecule has 2 amide bonds. The molecule has 1 aromatic heterocycles. The Morgan fingerprint density at radius 1 is 1.13 bits per heavy atom. The highest BCUT2D eigenvalue weighted by Gasteiger charge is 2.28. The number of hydrogen-bond acceptors (Lipinski definition) is 7. The fourth-order valence-corrected chi connectivity index (χ4v) is 4.45. The molecule has 0 atom stereocenters. The number of methoxy groups -OCH3 is 1. The van der Waals surface area contributed by atoms with E-state index in [9.17, 15) is 19.2 Å². The number of aryl methyl sites for hydroxylation is 1. The van der Waals surface area contributed by atoms with Crippen molar-refractivity contribution in [3.05, 3.63) is 50.9 Å². The third-order valence-corrected chi connectivity index (χ3v) is 5.89. The lowest BCUT2D eigenvalue weighted by Gasteiger charge is -2.08. The summed E-state index contributed by atoms with van der Waals surface area (Å²) in [6.45, 7) is -0.936.